The molecule has 1 aromatic rings. The Kier molecular flexibility index (Phi) is 3.80. The molecule has 1 aromatic carbocycles. The van der Waals surface area contributed by atoms with Crippen LogP contribution in [-0.2, 0) is 28.9 Å². The Labute approximate surface area is 113 Å². The van der Waals surface area contributed by atoms with E-state index < -0.39 is 0 Å². The molecule has 0 bridgehead atoms. The number of hydrogen-bond donors (Lipinski definition) is 1. The maximum Gasteiger partial charge on any atom is 0.227 e. The van der Waals surface area contributed by atoms with Crippen LogP contribution in [0.1, 0.15) is 16.7 Å². The topological polar surface area (TPSA) is 41.6 Å². The van der Waals surface area contributed by atoms with Gasteiger partial charge >= 0.3 is 0 Å². The van der Waals surface area contributed by atoms with Crippen molar-refractivity contribution in [3.05, 3.63) is 34.9 Å². The summed E-state index contributed by atoms with van der Waals surface area (Å²) < 4.78 is 5.29. The summed E-state index contributed by atoms with van der Waals surface area (Å²) in [4.78, 5) is 14.2. The Bertz CT molecular complexity index is 467. The van der Waals surface area contributed by atoms with Crippen LogP contribution in [0.4, 0.5) is 0 Å². The van der Waals surface area contributed by atoms with E-state index in [1.54, 1.807) is 0 Å². The van der Waals surface area contributed by atoms with Crippen LogP contribution in [0.3, 0.4) is 0 Å². The highest BCUT2D eigenvalue weighted by Gasteiger charge is 2.19. The number of carbonyl (C=O) groups is 1. The molecular formula is C15H20N2O2. The smallest absolute Gasteiger partial charge is 0.227 e. The van der Waals surface area contributed by atoms with Crippen LogP contribution in [0, 0.1) is 0 Å². The van der Waals surface area contributed by atoms with Crippen molar-refractivity contribution >= 4 is 5.91 Å². The third kappa shape index (κ3) is 2.80. The monoisotopic (exact) mass is 260 g/mol. The van der Waals surface area contributed by atoms with E-state index in [0.717, 1.165) is 32.6 Å². The molecule has 3 rings (SSSR count). The predicted octanol–water partition coefficient (Wildman–Crippen LogP) is 0.734. The molecule has 1 fully saturated rings. The zero-order chi connectivity index (χ0) is 13.1. The molecule has 4 nitrogen and oxygen atoms in total. The predicted molar refractivity (Wildman–Crippen MR) is 73.0 cm³/mol. The van der Waals surface area contributed by atoms with Crippen molar-refractivity contribution in [2.75, 3.05) is 32.8 Å². The van der Waals surface area contributed by atoms with Crippen LogP contribution in [0.15, 0.2) is 18.2 Å². The second-order valence-electron chi connectivity index (χ2n) is 5.15. The molecule has 0 radical (unpaired) electrons. The van der Waals surface area contributed by atoms with E-state index in [2.05, 4.69) is 23.5 Å². The van der Waals surface area contributed by atoms with E-state index in [1.807, 2.05) is 4.90 Å². The van der Waals surface area contributed by atoms with Gasteiger partial charge in [-0.15, -0.1) is 0 Å². The number of hydrogen-bond acceptors (Lipinski definition) is 3. The molecule has 19 heavy (non-hydrogen) atoms. The Balaban J connectivity index is 1.74. The molecule has 2 aliphatic rings. The molecular weight excluding hydrogens is 240 g/mol. The highest BCUT2D eigenvalue weighted by molar-refractivity contribution is 5.79. The number of nitrogens with zero attached hydrogens (tertiary/aromatic N) is 1. The van der Waals surface area contributed by atoms with E-state index in [9.17, 15) is 4.79 Å². The lowest BCUT2D eigenvalue weighted by molar-refractivity contribution is -0.134. The molecule has 102 valence electrons. The second kappa shape index (κ2) is 5.72. The molecule has 0 aliphatic carbocycles. The fourth-order valence-electron chi connectivity index (χ4n) is 2.84. The van der Waals surface area contributed by atoms with E-state index in [1.165, 1.54) is 16.7 Å². The summed E-state index contributed by atoms with van der Waals surface area (Å²) in [6, 6.07) is 6.34. The van der Waals surface area contributed by atoms with Gasteiger partial charge in [0, 0.05) is 19.6 Å². The summed E-state index contributed by atoms with van der Waals surface area (Å²) in [6.07, 6.45) is 1.58. The van der Waals surface area contributed by atoms with Gasteiger partial charge in [0.05, 0.1) is 19.6 Å². The van der Waals surface area contributed by atoms with E-state index in [-0.39, 0.29) is 5.91 Å². The first-order valence-corrected chi connectivity index (χ1v) is 7.00. The molecule has 0 spiro atoms. The Morgan fingerprint density at radius 3 is 3.00 bits per heavy atom. The first kappa shape index (κ1) is 12.6. The zero-order valence-electron chi connectivity index (χ0n) is 11.2. The molecule has 0 unspecified atom stereocenters. The second-order valence-corrected chi connectivity index (χ2v) is 5.15. The van der Waals surface area contributed by atoms with Crippen LogP contribution in [0.2, 0.25) is 0 Å². The molecule has 1 saturated heterocycles. The van der Waals surface area contributed by atoms with Gasteiger partial charge in [-0.3, -0.25) is 4.79 Å². The third-order valence-corrected chi connectivity index (χ3v) is 3.95. The van der Waals surface area contributed by atoms with Gasteiger partial charge in [-0.1, -0.05) is 18.2 Å². The van der Waals surface area contributed by atoms with Gasteiger partial charge in [0.15, 0.2) is 0 Å². The number of fused-ring (bicyclic) bond motifs is 1. The van der Waals surface area contributed by atoms with Gasteiger partial charge < -0.3 is 15.0 Å². The summed E-state index contributed by atoms with van der Waals surface area (Å²) in [5.74, 6) is 0.224. The molecule has 0 saturated carbocycles. The van der Waals surface area contributed by atoms with E-state index >= 15 is 0 Å². The largest absolute Gasteiger partial charge is 0.378 e. The van der Waals surface area contributed by atoms with Gasteiger partial charge in [0.2, 0.25) is 5.91 Å². The van der Waals surface area contributed by atoms with E-state index in [0.29, 0.717) is 19.6 Å². The van der Waals surface area contributed by atoms with Crippen molar-refractivity contribution in [2.45, 2.75) is 19.4 Å². The lowest BCUT2D eigenvalue weighted by atomic mass is 9.94. The summed E-state index contributed by atoms with van der Waals surface area (Å²) in [6.45, 7) is 4.72. The number of ether oxygens (including phenoxy) is 1. The number of nitrogens with one attached hydrogen (secondary N) is 1. The van der Waals surface area contributed by atoms with Crippen molar-refractivity contribution in [1.82, 2.24) is 10.2 Å². The van der Waals surface area contributed by atoms with Gasteiger partial charge in [-0.2, -0.15) is 0 Å². The average molecular weight is 260 g/mol. The Morgan fingerprint density at radius 1 is 1.32 bits per heavy atom. The van der Waals surface area contributed by atoms with Crippen molar-refractivity contribution in [3.8, 4) is 0 Å². The number of amides is 1. The third-order valence-electron chi connectivity index (χ3n) is 3.95. The summed E-state index contributed by atoms with van der Waals surface area (Å²) in [5.41, 5.74) is 3.91. The van der Waals surface area contributed by atoms with Gasteiger partial charge in [0.1, 0.15) is 0 Å². The quantitative estimate of drug-likeness (QED) is 0.852. The molecule has 0 atom stereocenters. The van der Waals surface area contributed by atoms with Crippen LogP contribution >= 0.6 is 0 Å². The van der Waals surface area contributed by atoms with Crippen molar-refractivity contribution in [3.63, 3.8) is 0 Å². The minimum absolute atomic E-state index is 0.224. The molecule has 1 N–H and O–H groups in total. The average Bonchev–Trinajstić information content (AvgIpc) is 2.48. The molecule has 0 aromatic heterocycles. The molecule has 2 heterocycles. The number of rotatable bonds is 2. The maximum atomic E-state index is 12.3. The minimum Gasteiger partial charge on any atom is -0.378 e. The first-order valence-electron chi connectivity index (χ1n) is 7.00. The fourth-order valence-corrected chi connectivity index (χ4v) is 2.84. The standard InChI is InChI=1S/C15H20N2O2/c18-15(17-6-8-19-9-7-17)10-13-3-1-2-12-4-5-16-11-14(12)13/h1-3,16H,4-11H2. The van der Waals surface area contributed by atoms with Crippen LogP contribution in [0.5, 0.6) is 0 Å². The van der Waals surface area contributed by atoms with Crippen molar-refractivity contribution < 1.29 is 9.53 Å². The Morgan fingerprint density at radius 2 is 2.16 bits per heavy atom. The molecule has 1 amide bonds. The fraction of sp³-hybridized carbons (Fsp3) is 0.533. The number of morpholine rings is 1. The van der Waals surface area contributed by atoms with Gasteiger partial charge in [0.25, 0.3) is 0 Å². The lowest BCUT2D eigenvalue weighted by Gasteiger charge is -2.28. The lowest BCUT2D eigenvalue weighted by Crippen LogP contribution is -2.41. The van der Waals surface area contributed by atoms with Crippen molar-refractivity contribution in [1.29, 1.82) is 0 Å². The Hall–Kier alpha value is -1.39. The maximum absolute atomic E-state index is 12.3. The van der Waals surface area contributed by atoms with Crippen LogP contribution in [-0.4, -0.2) is 43.7 Å². The summed E-state index contributed by atoms with van der Waals surface area (Å²) >= 11 is 0. The highest BCUT2D eigenvalue weighted by Crippen LogP contribution is 2.19. The normalized spacial score (nSPS) is 19.1. The van der Waals surface area contributed by atoms with Gasteiger partial charge in [-0.05, 0) is 29.7 Å². The molecule has 4 heteroatoms. The number of carbonyl (C=O) groups excluding carboxylic acids is 1. The number of benzene rings is 1. The minimum atomic E-state index is 0.224. The molecule has 2 aliphatic heterocycles. The van der Waals surface area contributed by atoms with E-state index in [4.69, 9.17) is 4.74 Å². The van der Waals surface area contributed by atoms with Crippen LogP contribution in [0.25, 0.3) is 0 Å². The van der Waals surface area contributed by atoms with Gasteiger partial charge in [-0.25, -0.2) is 0 Å². The SMILES string of the molecule is O=C(Cc1cccc2c1CNCC2)N1CCOCC1. The summed E-state index contributed by atoms with van der Waals surface area (Å²) in [5, 5.41) is 3.39. The highest BCUT2D eigenvalue weighted by atomic mass is 16.5. The zero-order valence-corrected chi connectivity index (χ0v) is 11.2. The summed E-state index contributed by atoms with van der Waals surface area (Å²) in [7, 11) is 0. The first-order chi connectivity index (χ1) is 9.34. The van der Waals surface area contributed by atoms with Crippen molar-refractivity contribution in [2.24, 2.45) is 0 Å². The van der Waals surface area contributed by atoms with Crippen LogP contribution < -0.4 is 5.32 Å².